The van der Waals surface area contributed by atoms with Crippen molar-refractivity contribution in [3.8, 4) is 0 Å². The summed E-state index contributed by atoms with van der Waals surface area (Å²) < 4.78 is 9.92. The molecule has 0 atom stereocenters. The quantitative estimate of drug-likeness (QED) is 0.757. The van der Waals surface area contributed by atoms with Gasteiger partial charge in [0.2, 0.25) is 5.91 Å². The molecule has 0 saturated carbocycles. The van der Waals surface area contributed by atoms with E-state index in [1.807, 2.05) is 13.8 Å². The van der Waals surface area contributed by atoms with Gasteiger partial charge in [-0.2, -0.15) is 0 Å². The fraction of sp³-hybridized carbons (Fsp3) is 0.556. The minimum absolute atomic E-state index is 0.0611. The monoisotopic (exact) mass is 198 g/mol. The van der Waals surface area contributed by atoms with Crippen LogP contribution in [0.3, 0.4) is 0 Å². The molecule has 0 saturated heterocycles. The van der Waals surface area contributed by atoms with E-state index in [1.165, 1.54) is 6.20 Å². The summed E-state index contributed by atoms with van der Waals surface area (Å²) in [5, 5.41) is 6.16. The number of nitrogens with one attached hydrogen (secondary N) is 1. The SMILES string of the molecule is CC(C)OCC(=O)NCc1ccno1. The van der Waals surface area contributed by atoms with E-state index in [2.05, 4.69) is 10.5 Å². The van der Waals surface area contributed by atoms with Gasteiger partial charge in [-0.3, -0.25) is 4.79 Å². The van der Waals surface area contributed by atoms with Crippen molar-refractivity contribution in [1.29, 1.82) is 0 Å². The van der Waals surface area contributed by atoms with E-state index in [9.17, 15) is 4.79 Å². The first-order valence-corrected chi connectivity index (χ1v) is 4.46. The molecule has 5 nitrogen and oxygen atoms in total. The summed E-state index contributed by atoms with van der Waals surface area (Å²) in [5.74, 6) is 0.470. The van der Waals surface area contributed by atoms with Crippen molar-refractivity contribution >= 4 is 5.91 Å². The number of carbonyl (C=O) groups excluding carboxylic acids is 1. The summed E-state index contributed by atoms with van der Waals surface area (Å²) >= 11 is 0. The van der Waals surface area contributed by atoms with Crippen LogP contribution in [0.1, 0.15) is 19.6 Å². The smallest absolute Gasteiger partial charge is 0.246 e. The van der Waals surface area contributed by atoms with Gasteiger partial charge in [0.15, 0.2) is 5.76 Å². The van der Waals surface area contributed by atoms with Crippen molar-refractivity contribution in [3.63, 3.8) is 0 Å². The van der Waals surface area contributed by atoms with Crippen LogP contribution in [0.2, 0.25) is 0 Å². The third-order valence-corrected chi connectivity index (χ3v) is 1.50. The molecule has 0 fully saturated rings. The summed E-state index contributed by atoms with van der Waals surface area (Å²) in [4.78, 5) is 11.1. The fourth-order valence-corrected chi connectivity index (χ4v) is 0.812. The van der Waals surface area contributed by atoms with Crippen molar-refractivity contribution in [2.45, 2.75) is 26.5 Å². The van der Waals surface area contributed by atoms with Gasteiger partial charge >= 0.3 is 0 Å². The molecular weight excluding hydrogens is 184 g/mol. The average molecular weight is 198 g/mol. The average Bonchev–Trinajstić information content (AvgIpc) is 2.63. The van der Waals surface area contributed by atoms with E-state index in [4.69, 9.17) is 9.26 Å². The molecule has 0 aliphatic carbocycles. The summed E-state index contributed by atoms with van der Waals surface area (Å²) in [5.41, 5.74) is 0. The highest BCUT2D eigenvalue weighted by Gasteiger charge is 2.04. The topological polar surface area (TPSA) is 64.4 Å². The van der Waals surface area contributed by atoms with E-state index in [-0.39, 0.29) is 18.6 Å². The van der Waals surface area contributed by atoms with Crippen molar-refractivity contribution < 1.29 is 14.1 Å². The Labute approximate surface area is 82.4 Å². The van der Waals surface area contributed by atoms with Crippen molar-refractivity contribution in [3.05, 3.63) is 18.0 Å². The molecule has 0 unspecified atom stereocenters. The maximum atomic E-state index is 11.1. The van der Waals surface area contributed by atoms with Gasteiger partial charge in [0.25, 0.3) is 0 Å². The van der Waals surface area contributed by atoms with Crippen LogP contribution >= 0.6 is 0 Å². The molecule has 0 aliphatic rings. The van der Waals surface area contributed by atoms with Gasteiger partial charge in [0.05, 0.1) is 18.8 Å². The minimum Gasteiger partial charge on any atom is -0.369 e. The van der Waals surface area contributed by atoms with Crippen LogP contribution in [0.4, 0.5) is 0 Å². The fourth-order valence-electron chi connectivity index (χ4n) is 0.812. The van der Waals surface area contributed by atoms with Crippen LogP contribution in [0.15, 0.2) is 16.8 Å². The first-order chi connectivity index (χ1) is 6.68. The van der Waals surface area contributed by atoms with Crippen molar-refractivity contribution in [2.24, 2.45) is 0 Å². The molecule has 1 amide bonds. The minimum atomic E-state index is -0.157. The van der Waals surface area contributed by atoms with Gasteiger partial charge in [-0.1, -0.05) is 5.16 Å². The highest BCUT2D eigenvalue weighted by molar-refractivity contribution is 5.77. The Bertz CT molecular complexity index is 270. The van der Waals surface area contributed by atoms with Crippen LogP contribution in [0.5, 0.6) is 0 Å². The third-order valence-electron chi connectivity index (χ3n) is 1.50. The molecule has 1 aromatic heterocycles. The zero-order chi connectivity index (χ0) is 10.4. The van der Waals surface area contributed by atoms with Gasteiger partial charge in [0.1, 0.15) is 6.61 Å². The Morgan fingerprint density at radius 3 is 3.07 bits per heavy atom. The predicted octanol–water partition coefficient (Wildman–Crippen LogP) is 0.716. The molecule has 0 bridgehead atoms. The number of amides is 1. The lowest BCUT2D eigenvalue weighted by Gasteiger charge is -2.06. The molecule has 0 spiro atoms. The second kappa shape index (κ2) is 5.39. The summed E-state index contributed by atoms with van der Waals surface area (Å²) in [7, 11) is 0. The zero-order valence-corrected chi connectivity index (χ0v) is 8.32. The Morgan fingerprint density at radius 2 is 2.50 bits per heavy atom. The van der Waals surface area contributed by atoms with E-state index >= 15 is 0 Å². The van der Waals surface area contributed by atoms with Crippen molar-refractivity contribution in [1.82, 2.24) is 10.5 Å². The van der Waals surface area contributed by atoms with Crippen LogP contribution in [-0.2, 0) is 16.1 Å². The van der Waals surface area contributed by atoms with E-state index in [0.29, 0.717) is 12.3 Å². The van der Waals surface area contributed by atoms with Crippen molar-refractivity contribution in [2.75, 3.05) is 6.61 Å². The lowest BCUT2D eigenvalue weighted by molar-refractivity contribution is -0.127. The number of hydrogen-bond acceptors (Lipinski definition) is 4. The standard InChI is InChI=1S/C9H14N2O3/c1-7(2)13-6-9(12)10-5-8-3-4-11-14-8/h3-4,7H,5-6H2,1-2H3,(H,10,12). The summed E-state index contributed by atoms with van der Waals surface area (Å²) in [6.07, 6.45) is 1.59. The molecule has 1 heterocycles. The van der Waals surface area contributed by atoms with E-state index in [1.54, 1.807) is 6.07 Å². The second-order valence-electron chi connectivity index (χ2n) is 3.12. The highest BCUT2D eigenvalue weighted by atomic mass is 16.5. The molecular formula is C9H14N2O3. The number of carbonyl (C=O) groups is 1. The van der Waals surface area contributed by atoms with Gasteiger partial charge in [0, 0.05) is 6.07 Å². The lowest BCUT2D eigenvalue weighted by Crippen LogP contribution is -2.28. The zero-order valence-electron chi connectivity index (χ0n) is 8.32. The van der Waals surface area contributed by atoms with Gasteiger partial charge in [-0.15, -0.1) is 0 Å². The molecule has 0 radical (unpaired) electrons. The Hall–Kier alpha value is -1.36. The van der Waals surface area contributed by atoms with Crippen LogP contribution < -0.4 is 5.32 Å². The summed E-state index contributed by atoms with van der Waals surface area (Å²) in [6, 6.07) is 1.70. The number of ether oxygens (including phenoxy) is 1. The first kappa shape index (κ1) is 10.7. The molecule has 1 aromatic rings. The first-order valence-electron chi connectivity index (χ1n) is 4.46. The highest BCUT2D eigenvalue weighted by Crippen LogP contribution is 1.94. The molecule has 5 heteroatoms. The third kappa shape index (κ3) is 4.04. The maximum Gasteiger partial charge on any atom is 0.246 e. The molecule has 14 heavy (non-hydrogen) atoms. The van der Waals surface area contributed by atoms with E-state index < -0.39 is 0 Å². The van der Waals surface area contributed by atoms with Crippen LogP contribution in [0.25, 0.3) is 0 Å². The second-order valence-corrected chi connectivity index (χ2v) is 3.12. The van der Waals surface area contributed by atoms with Gasteiger partial charge < -0.3 is 14.6 Å². The van der Waals surface area contributed by atoms with Crippen LogP contribution in [0, 0.1) is 0 Å². The van der Waals surface area contributed by atoms with Gasteiger partial charge in [-0.05, 0) is 13.8 Å². The molecule has 0 aliphatic heterocycles. The normalized spacial score (nSPS) is 10.5. The summed E-state index contributed by atoms with van der Waals surface area (Å²) in [6.45, 7) is 4.18. The predicted molar refractivity (Wildman–Crippen MR) is 49.4 cm³/mol. The molecule has 1 N–H and O–H groups in total. The Kier molecular flexibility index (Phi) is 4.12. The Morgan fingerprint density at radius 1 is 1.71 bits per heavy atom. The van der Waals surface area contributed by atoms with Gasteiger partial charge in [-0.25, -0.2) is 0 Å². The molecule has 0 aromatic carbocycles. The maximum absolute atomic E-state index is 11.1. The van der Waals surface area contributed by atoms with Crippen LogP contribution in [-0.4, -0.2) is 23.8 Å². The number of aromatic nitrogens is 1. The van der Waals surface area contributed by atoms with E-state index in [0.717, 1.165) is 0 Å². The molecule has 1 rings (SSSR count). The number of rotatable bonds is 5. The molecule has 78 valence electrons. The number of hydrogen-bond donors (Lipinski definition) is 1. The lowest BCUT2D eigenvalue weighted by atomic mass is 10.4. The largest absolute Gasteiger partial charge is 0.369 e. The Balaban J connectivity index is 2.15. The number of nitrogens with zero attached hydrogens (tertiary/aromatic N) is 1.